The topological polar surface area (TPSA) is 84.9 Å². The van der Waals surface area contributed by atoms with Crippen molar-refractivity contribution in [2.24, 2.45) is 0 Å². The van der Waals surface area contributed by atoms with Crippen LogP contribution in [0.25, 0.3) is 0 Å². The molecule has 178 valence electrons. The third-order valence-electron chi connectivity index (χ3n) is 5.81. The highest BCUT2D eigenvalue weighted by Gasteiger charge is 2.34. The van der Waals surface area contributed by atoms with Gasteiger partial charge in [0.1, 0.15) is 0 Å². The van der Waals surface area contributed by atoms with Crippen molar-refractivity contribution in [3.63, 3.8) is 0 Å². The molecule has 3 rings (SSSR count). The second kappa shape index (κ2) is 10.8. The van der Waals surface area contributed by atoms with Crippen LogP contribution in [0.4, 0.5) is 11.4 Å². The molecule has 1 aliphatic carbocycles. The zero-order chi connectivity index (χ0) is 24.8. The van der Waals surface area contributed by atoms with Crippen molar-refractivity contribution in [1.82, 2.24) is 0 Å². The van der Waals surface area contributed by atoms with Gasteiger partial charge in [-0.1, -0.05) is 24.3 Å². The molecule has 0 bridgehead atoms. The molecule has 1 amide bonds. The van der Waals surface area contributed by atoms with Crippen LogP contribution in [0.3, 0.4) is 0 Å². The minimum absolute atomic E-state index is 0.0541. The molecule has 0 saturated carbocycles. The van der Waals surface area contributed by atoms with Gasteiger partial charge in [0.05, 0.1) is 14.2 Å². The molecule has 0 unspecified atom stereocenters. The fourth-order valence-corrected chi connectivity index (χ4v) is 3.76. The third kappa shape index (κ3) is 5.54. The number of hydrogen-bond acceptors (Lipinski definition) is 6. The standard InChI is InChI=1S/C27H30N2O5/c1-17-22(25(32)27(34-5)26(33-4)24(17)31)16-19-8-6-18(7-9-19)10-15-23(30)28-20-11-13-21(14-12-20)29(2)3/h6-9,11-14H,10,15-16H2,1-5H3,(H,28,30). The maximum absolute atomic E-state index is 12.8. The zero-order valence-electron chi connectivity index (χ0n) is 20.2. The van der Waals surface area contributed by atoms with Crippen molar-refractivity contribution < 1.29 is 23.9 Å². The number of Topliss-reactive ketones (excluding diaryl/α,β-unsaturated/α-hetero) is 2. The second-order valence-corrected chi connectivity index (χ2v) is 8.31. The number of benzene rings is 2. The Morgan fingerprint density at radius 1 is 0.853 bits per heavy atom. The lowest BCUT2D eigenvalue weighted by Crippen LogP contribution is -2.26. The van der Waals surface area contributed by atoms with Crippen LogP contribution in [0.15, 0.2) is 71.2 Å². The maximum atomic E-state index is 12.8. The third-order valence-corrected chi connectivity index (χ3v) is 5.81. The summed E-state index contributed by atoms with van der Waals surface area (Å²) >= 11 is 0. The first kappa shape index (κ1) is 24.8. The Balaban J connectivity index is 1.59. The first-order valence-corrected chi connectivity index (χ1v) is 11.0. The van der Waals surface area contributed by atoms with Gasteiger partial charge in [0.15, 0.2) is 0 Å². The van der Waals surface area contributed by atoms with Crippen molar-refractivity contribution in [2.75, 3.05) is 38.5 Å². The highest BCUT2D eigenvalue weighted by atomic mass is 16.5. The van der Waals surface area contributed by atoms with E-state index in [1.54, 1.807) is 6.92 Å². The van der Waals surface area contributed by atoms with E-state index in [0.717, 1.165) is 22.5 Å². The Kier molecular flexibility index (Phi) is 7.89. The van der Waals surface area contributed by atoms with Crippen LogP contribution < -0.4 is 10.2 Å². The van der Waals surface area contributed by atoms with E-state index in [2.05, 4.69) is 5.32 Å². The smallest absolute Gasteiger partial charge is 0.228 e. The van der Waals surface area contributed by atoms with Crippen LogP contribution in [-0.4, -0.2) is 45.8 Å². The molecule has 7 nitrogen and oxygen atoms in total. The molecule has 34 heavy (non-hydrogen) atoms. The van der Waals surface area contributed by atoms with Crippen LogP contribution in [0.2, 0.25) is 0 Å². The Labute approximate surface area is 200 Å². The monoisotopic (exact) mass is 462 g/mol. The zero-order valence-corrected chi connectivity index (χ0v) is 20.2. The van der Waals surface area contributed by atoms with Gasteiger partial charge >= 0.3 is 0 Å². The molecule has 0 aromatic heterocycles. The first-order chi connectivity index (χ1) is 16.2. The molecule has 0 atom stereocenters. The Morgan fingerprint density at radius 3 is 1.97 bits per heavy atom. The summed E-state index contributed by atoms with van der Waals surface area (Å²) in [6, 6.07) is 15.4. The molecule has 0 heterocycles. The summed E-state index contributed by atoms with van der Waals surface area (Å²) in [5.74, 6) is -0.853. The number of anilines is 2. The van der Waals surface area contributed by atoms with Crippen LogP contribution in [-0.2, 0) is 36.7 Å². The molecule has 0 aliphatic heterocycles. The molecule has 2 aromatic carbocycles. The Morgan fingerprint density at radius 2 is 1.41 bits per heavy atom. The summed E-state index contributed by atoms with van der Waals surface area (Å²) in [4.78, 5) is 39.7. The minimum atomic E-state index is -0.340. The first-order valence-electron chi connectivity index (χ1n) is 11.0. The highest BCUT2D eigenvalue weighted by Crippen LogP contribution is 2.28. The molecule has 0 saturated heterocycles. The Bertz CT molecular complexity index is 1140. The number of hydrogen-bond donors (Lipinski definition) is 1. The summed E-state index contributed by atoms with van der Waals surface area (Å²) in [6.07, 6.45) is 1.26. The van der Waals surface area contributed by atoms with Crippen LogP contribution in [0, 0.1) is 0 Å². The molecular formula is C27H30N2O5. The van der Waals surface area contributed by atoms with Gasteiger partial charge in [-0.05, 0) is 48.7 Å². The molecule has 1 N–H and O–H groups in total. The molecular weight excluding hydrogens is 432 g/mol. The van der Waals surface area contributed by atoms with Crippen molar-refractivity contribution in [3.8, 4) is 0 Å². The van der Waals surface area contributed by atoms with Crippen molar-refractivity contribution >= 4 is 28.8 Å². The van der Waals surface area contributed by atoms with Gasteiger partial charge in [-0.2, -0.15) is 0 Å². The van der Waals surface area contributed by atoms with Crippen LogP contribution >= 0.6 is 0 Å². The number of carbonyl (C=O) groups is 3. The summed E-state index contributed by atoms with van der Waals surface area (Å²) in [5.41, 5.74) is 4.50. The van der Waals surface area contributed by atoms with Crippen LogP contribution in [0.5, 0.6) is 0 Å². The molecule has 0 fully saturated rings. The van der Waals surface area contributed by atoms with Crippen LogP contribution in [0.1, 0.15) is 24.5 Å². The number of allylic oxidation sites excluding steroid dienone is 2. The van der Waals surface area contributed by atoms with E-state index >= 15 is 0 Å². The highest BCUT2D eigenvalue weighted by molar-refractivity contribution is 6.23. The fourth-order valence-electron chi connectivity index (χ4n) is 3.76. The van der Waals surface area contributed by atoms with Crippen molar-refractivity contribution in [2.45, 2.75) is 26.2 Å². The predicted octanol–water partition coefficient (Wildman–Crippen LogP) is 3.84. The molecule has 7 heteroatoms. The number of nitrogens with zero attached hydrogens (tertiary/aromatic N) is 1. The van der Waals surface area contributed by atoms with E-state index in [1.807, 2.05) is 67.5 Å². The largest absolute Gasteiger partial charge is 0.489 e. The Hall–Kier alpha value is -3.87. The van der Waals surface area contributed by atoms with E-state index in [1.165, 1.54) is 14.2 Å². The van der Waals surface area contributed by atoms with Gasteiger partial charge in [-0.3, -0.25) is 14.4 Å². The van der Waals surface area contributed by atoms with Gasteiger partial charge in [0, 0.05) is 49.5 Å². The van der Waals surface area contributed by atoms with Crippen molar-refractivity contribution in [1.29, 1.82) is 0 Å². The van der Waals surface area contributed by atoms with Gasteiger partial charge in [-0.25, -0.2) is 0 Å². The molecule has 2 aromatic rings. The normalized spacial score (nSPS) is 13.8. The number of nitrogens with one attached hydrogen (secondary N) is 1. The SMILES string of the molecule is COC1=C(OC)C(=O)C(Cc2ccc(CCC(=O)Nc3ccc(N(C)C)cc3)cc2)=C(C)C1=O. The number of carbonyl (C=O) groups excluding carboxylic acids is 3. The summed E-state index contributed by atoms with van der Waals surface area (Å²) in [5, 5.41) is 2.92. The molecule has 0 radical (unpaired) electrons. The lowest BCUT2D eigenvalue weighted by atomic mass is 9.88. The number of methoxy groups -OCH3 is 2. The van der Waals surface area contributed by atoms with Gasteiger partial charge in [0.25, 0.3) is 0 Å². The summed E-state index contributed by atoms with van der Waals surface area (Å²) in [7, 11) is 6.63. The summed E-state index contributed by atoms with van der Waals surface area (Å²) in [6.45, 7) is 1.63. The van der Waals surface area contributed by atoms with Gasteiger partial charge in [0.2, 0.25) is 29.0 Å². The number of amides is 1. The number of rotatable bonds is 9. The second-order valence-electron chi connectivity index (χ2n) is 8.31. The fraction of sp³-hybridized carbons (Fsp3) is 0.296. The average Bonchev–Trinajstić information content (AvgIpc) is 2.83. The summed E-state index contributed by atoms with van der Waals surface area (Å²) < 4.78 is 10.2. The predicted molar refractivity (Wildman–Crippen MR) is 132 cm³/mol. The average molecular weight is 463 g/mol. The van der Waals surface area contributed by atoms with E-state index < -0.39 is 0 Å². The van der Waals surface area contributed by atoms with Gasteiger partial charge in [-0.15, -0.1) is 0 Å². The van der Waals surface area contributed by atoms with E-state index in [4.69, 9.17) is 9.47 Å². The lowest BCUT2D eigenvalue weighted by Gasteiger charge is -2.20. The number of aryl methyl sites for hydroxylation is 1. The van der Waals surface area contributed by atoms with Crippen molar-refractivity contribution in [3.05, 3.63) is 82.3 Å². The molecule has 1 aliphatic rings. The lowest BCUT2D eigenvalue weighted by molar-refractivity contribution is -0.121. The maximum Gasteiger partial charge on any atom is 0.228 e. The molecule has 0 spiro atoms. The van der Waals surface area contributed by atoms with Gasteiger partial charge < -0.3 is 19.7 Å². The van der Waals surface area contributed by atoms with E-state index in [0.29, 0.717) is 30.4 Å². The van der Waals surface area contributed by atoms with E-state index in [-0.39, 0.29) is 29.0 Å². The quantitative estimate of drug-likeness (QED) is 0.570. The van der Waals surface area contributed by atoms with E-state index in [9.17, 15) is 14.4 Å². The number of ether oxygens (including phenoxy) is 2. The number of ketones is 2. The minimum Gasteiger partial charge on any atom is -0.489 e.